The van der Waals surface area contributed by atoms with E-state index in [2.05, 4.69) is 23.9 Å². The van der Waals surface area contributed by atoms with Crippen LogP contribution in [0.1, 0.15) is 38.5 Å². The van der Waals surface area contributed by atoms with E-state index in [-0.39, 0.29) is 0 Å². The molecule has 1 N–H and O–H groups in total. The summed E-state index contributed by atoms with van der Waals surface area (Å²) in [4.78, 5) is 4.85. The molecule has 17 heavy (non-hydrogen) atoms. The van der Waals surface area contributed by atoms with E-state index in [0.29, 0.717) is 6.61 Å². The summed E-state index contributed by atoms with van der Waals surface area (Å²) >= 11 is 0. The van der Waals surface area contributed by atoms with Gasteiger partial charge in [-0.25, -0.2) is 0 Å². The second-order valence-corrected chi connectivity index (χ2v) is 5.66. The van der Waals surface area contributed by atoms with Gasteiger partial charge >= 0.3 is 0 Å². The van der Waals surface area contributed by atoms with Crippen LogP contribution in [0.2, 0.25) is 0 Å². The second kappa shape index (κ2) is 8.90. The molecule has 0 aromatic rings. The van der Waals surface area contributed by atoms with Crippen LogP contribution in [0.25, 0.3) is 0 Å². The van der Waals surface area contributed by atoms with E-state index in [1.165, 1.54) is 51.9 Å². The first-order valence-corrected chi connectivity index (χ1v) is 7.20. The molecule has 0 aromatic carbocycles. The van der Waals surface area contributed by atoms with Crippen LogP contribution in [0.3, 0.4) is 0 Å². The van der Waals surface area contributed by atoms with Gasteiger partial charge in [-0.3, -0.25) is 0 Å². The SMILES string of the molecule is CN(C)CCCC1CCN(CCCCO)CC1. The summed E-state index contributed by atoms with van der Waals surface area (Å²) in [5.74, 6) is 0.962. The summed E-state index contributed by atoms with van der Waals surface area (Å²) in [6.07, 6.45) is 7.63. The molecule has 102 valence electrons. The molecule has 0 amide bonds. The number of rotatable bonds is 8. The molecule has 3 nitrogen and oxygen atoms in total. The highest BCUT2D eigenvalue weighted by Gasteiger charge is 2.18. The standard InChI is InChI=1S/C14H30N2O/c1-15(2)9-5-6-14-7-11-16(12-8-14)10-3-4-13-17/h14,17H,3-13H2,1-2H3. The third kappa shape index (κ3) is 7.02. The molecule has 1 saturated heterocycles. The van der Waals surface area contributed by atoms with E-state index >= 15 is 0 Å². The van der Waals surface area contributed by atoms with Crippen LogP contribution < -0.4 is 0 Å². The molecule has 1 fully saturated rings. The highest BCUT2D eigenvalue weighted by molar-refractivity contribution is 4.72. The Hall–Kier alpha value is -0.120. The van der Waals surface area contributed by atoms with E-state index in [0.717, 1.165) is 18.8 Å². The zero-order chi connectivity index (χ0) is 12.5. The lowest BCUT2D eigenvalue weighted by molar-refractivity contribution is 0.168. The molecule has 0 bridgehead atoms. The summed E-state index contributed by atoms with van der Waals surface area (Å²) < 4.78 is 0. The van der Waals surface area contributed by atoms with Crippen molar-refractivity contribution in [2.45, 2.75) is 38.5 Å². The number of aliphatic hydroxyl groups is 1. The van der Waals surface area contributed by atoms with Crippen LogP contribution in [0.15, 0.2) is 0 Å². The van der Waals surface area contributed by atoms with Crippen molar-refractivity contribution in [1.82, 2.24) is 9.80 Å². The lowest BCUT2D eigenvalue weighted by atomic mass is 9.92. The fourth-order valence-electron chi connectivity index (χ4n) is 2.64. The first kappa shape index (κ1) is 14.9. The summed E-state index contributed by atoms with van der Waals surface area (Å²) in [6.45, 7) is 5.32. The number of aliphatic hydroxyl groups excluding tert-OH is 1. The van der Waals surface area contributed by atoms with Crippen molar-refractivity contribution >= 4 is 0 Å². The van der Waals surface area contributed by atoms with E-state index in [1.807, 2.05) is 0 Å². The van der Waals surface area contributed by atoms with E-state index in [9.17, 15) is 0 Å². The minimum absolute atomic E-state index is 0.348. The smallest absolute Gasteiger partial charge is 0.0431 e. The number of unbranched alkanes of at least 4 members (excludes halogenated alkanes) is 1. The molecular weight excluding hydrogens is 212 g/mol. The number of piperidine rings is 1. The zero-order valence-electron chi connectivity index (χ0n) is 11.7. The van der Waals surface area contributed by atoms with Crippen molar-refractivity contribution < 1.29 is 5.11 Å². The van der Waals surface area contributed by atoms with Gasteiger partial charge in [0.2, 0.25) is 0 Å². The van der Waals surface area contributed by atoms with Crippen LogP contribution >= 0.6 is 0 Å². The fraction of sp³-hybridized carbons (Fsp3) is 1.00. The van der Waals surface area contributed by atoms with Crippen LogP contribution in [-0.2, 0) is 0 Å². The molecule has 0 spiro atoms. The van der Waals surface area contributed by atoms with Gasteiger partial charge in [0.25, 0.3) is 0 Å². The molecule has 0 aliphatic carbocycles. The summed E-state index contributed by atoms with van der Waals surface area (Å²) in [5, 5.41) is 8.76. The molecule has 1 aliphatic heterocycles. The Balaban J connectivity index is 2.01. The average Bonchev–Trinajstić information content (AvgIpc) is 2.31. The number of likely N-dealkylation sites (tertiary alicyclic amines) is 1. The number of nitrogens with zero attached hydrogens (tertiary/aromatic N) is 2. The highest BCUT2D eigenvalue weighted by Crippen LogP contribution is 2.22. The molecule has 1 rings (SSSR count). The van der Waals surface area contributed by atoms with Crippen LogP contribution in [-0.4, -0.2) is 61.8 Å². The van der Waals surface area contributed by atoms with Crippen LogP contribution in [0.5, 0.6) is 0 Å². The Morgan fingerprint density at radius 1 is 1.12 bits per heavy atom. The Labute approximate surface area is 107 Å². The molecule has 1 aliphatic rings. The normalized spacial score (nSPS) is 19.1. The third-order valence-electron chi connectivity index (χ3n) is 3.81. The van der Waals surface area contributed by atoms with Crippen molar-refractivity contribution in [3.05, 3.63) is 0 Å². The molecule has 0 aromatic heterocycles. The van der Waals surface area contributed by atoms with Gasteiger partial charge < -0.3 is 14.9 Å². The van der Waals surface area contributed by atoms with Gasteiger partial charge in [-0.05, 0) is 84.7 Å². The maximum absolute atomic E-state index is 8.76. The average molecular weight is 242 g/mol. The Morgan fingerprint density at radius 3 is 2.41 bits per heavy atom. The minimum atomic E-state index is 0.348. The summed E-state index contributed by atoms with van der Waals surface area (Å²) in [5.41, 5.74) is 0. The minimum Gasteiger partial charge on any atom is -0.396 e. The molecular formula is C14H30N2O. The molecule has 0 unspecified atom stereocenters. The Bertz CT molecular complexity index is 177. The largest absolute Gasteiger partial charge is 0.396 e. The van der Waals surface area contributed by atoms with Gasteiger partial charge in [0.15, 0.2) is 0 Å². The van der Waals surface area contributed by atoms with Gasteiger partial charge in [0.1, 0.15) is 0 Å². The summed E-state index contributed by atoms with van der Waals surface area (Å²) in [6, 6.07) is 0. The van der Waals surface area contributed by atoms with E-state index < -0.39 is 0 Å². The number of hydrogen-bond acceptors (Lipinski definition) is 3. The maximum atomic E-state index is 8.76. The van der Waals surface area contributed by atoms with Gasteiger partial charge in [0, 0.05) is 6.61 Å². The highest BCUT2D eigenvalue weighted by atomic mass is 16.2. The van der Waals surface area contributed by atoms with Crippen LogP contribution in [0, 0.1) is 5.92 Å². The van der Waals surface area contributed by atoms with E-state index in [1.54, 1.807) is 0 Å². The molecule has 0 radical (unpaired) electrons. The van der Waals surface area contributed by atoms with Gasteiger partial charge in [-0.15, -0.1) is 0 Å². The quantitative estimate of drug-likeness (QED) is 0.658. The zero-order valence-corrected chi connectivity index (χ0v) is 11.7. The molecule has 0 saturated carbocycles. The fourth-order valence-corrected chi connectivity index (χ4v) is 2.64. The van der Waals surface area contributed by atoms with Gasteiger partial charge in [-0.2, -0.15) is 0 Å². The first-order chi connectivity index (χ1) is 8.22. The van der Waals surface area contributed by atoms with Crippen molar-refractivity contribution in [3.8, 4) is 0 Å². The second-order valence-electron chi connectivity index (χ2n) is 5.66. The van der Waals surface area contributed by atoms with Gasteiger partial charge in [0.05, 0.1) is 0 Å². The van der Waals surface area contributed by atoms with Crippen LogP contribution in [0.4, 0.5) is 0 Å². The monoisotopic (exact) mass is 242 g/mol. The van der Waals surface area contributed by atoms with E-state index in [4.69, 9.17) is 5.11 Å². The lowest BCUT2D eigenvalue weighted by Crippen LogP contribution is -2.34. The van der Waals surface area contributed by atoms with Crippen molar-refractivity contribution in [1.29, 1.82) is 0 Å². The Kier molecular flexibility index (Phi) is 7.82. The maximum Gasteiger partial charge on any atom is 0.0431 e. The Morgan fingerprint density at radius 2 is 1.82 bits per heavy atom. The predicted molar refractivity (Wildman–Crippen MR) is 73.3 cm³/mol. The van der Waals surface area contributed by atoms with Gasteiger partial charge in [-0.1, -0.05) is 0 Å². The predicted octanol–water partition coefficient (Wildman–Crippen LogP) is 1.81. The molecule has 1 heterocycles. The first-order valence-electron chi connectivity index (χ1n) is 7.20. The van der Waals surface area contributed by atoms with Crippen molar-refractivity contribution in [2.24, 2.45) is 5.92 Å². The molecule has 0 atom stereocenters. The number of hydrogen-bond donors (Lipinski definition) is 1. The lowest BCUT2D eigenvalue weighted by Gasteiger charge is -2.32. The topological polar surface area (TPSA) is 26.7 Å². The molecule has 3 heteroatoms. The third-order valence-corrected chi connectivity index (χ3v) is 3.81. The van der Waals surface area contributed by atoms with Crippen molar-refractivity contribution in [3.63, 3.8) is 0 Å². The van der Waals surface area contributed by atoms with Crippen molar-refractivity contribution in [2.75, 3.05) is 46.9 Å². The summed E-state index contributed by atoms with van der Waals surface area (Å²) in [7, 11) is 4.31.